The van der Waals surface area contributed by atoms with Crippen molar-refractivity contribution in [2.24, 2.45) is 4.76 Å². The normalized spacial score (nSPS) is 19.2. The molecule has 1 unspecified atom stereocenters. The van der Waals surface area contributed by atoms with Gasteiger partial charge in [-0.3, -0.25) is 4.67 Å². The monoisotopic (exact) mass is 422 g/mol. The molecule has 0 fully saturated rings. The fourth-order valence-electron chi connectivity index (χ4n) is 3.18. The molecule has 28 heavy (non-hydrogen) atoms. The number of nitrogens with zero attached hydrogens (tertiary/aromatic N) is 2. The van der Waals surface area contributed by atoms with Gasteiger partial charge in [0.15, 0.2) is 0 Å². The van der Waals surface area contributed by atoms with Crippen molar-refractivity contribution in [1.29, 1.82) is 0 Å². The number of anilines is 1. The van der Waals surface area contributed by atoms with Crippen LogP contribution in [0.25, 0.3) is 5.70 Å². The maximum absolute atomic E-state index is 6.96. The lowest BCUT2D eigenvalue weighted by Gasteiger charge is -2.35. The summed E-state index contributed by atoms with van der Waals surface area (Å²) >= 11 is 12.8. The second-order valence-corrected chi connectivity index (χ2v) is 12.0. The van der Waals surface area contributed by atoms with Crippen LogP contribution in [-0.4, -0.2) is 5.71 Å². The van der Waals surface area contributed by atoms with Crippen LogP contribution >= 0.6 is 16.9 Å². The molecule has 0 aromatic heterocycles. The van der Waals surface area contributed by atoms with Crippen LogP contribution in [0.5, 0.6) is 0 Å². The van der Waals surface area contributed by atoms with Crippen LogP contribution in [0.2, 0.25) is 0 Å². The van der Waals surface area contributed by atoms with Crippen LogP contribution < -0.4 is 4.67 Å². The molecule has 0 spiro atoms. The lowest BCUT2D eigenvalue weighted by molar-refractivity contribution is 1.37. The van der Waals surface area contributed by atoms with Gasteiger partial charge in [-0.1, -0.05) is 77.9 Å². The molecule has 0 aliphatic carbocycles. The fraction of sp³-hybridized carbons (Fsp3) is 0.0870. The molecule has 2 nitrogen and oxygen atoms in total. The second kappa shape index (κ2) is 7.67. The average molecular weight is 423 g/mol. The molecule has 140 valence electrons. The Morgan fingerprint density at radius 3 is 1.96 bits per heavy atom. The van der Waals surface area contributed by atoms with Crippen molar-refractivity contribution in [2.75, 3.05) is 4.67 Å². The summed E-state index contributed by atoms with van der Waals surface area (Å²) in [6.07, 6.45) is 2.09. The SMILES string of the molecule is Cc1ccc(C2=NP(=S)(Cl)N(c3ccc(C)cc3)C(c3ccccc3)=C2)cc1. The van der Waals surface area contributed by atoms with Gasteiger partial charge in [0.05, 0.1) is 11.4 Å². The van der Waals surface area contributed by atoms with E-state index in [9.17, 15) is 0 Å². The molecule has 3 aromatic rings. The van der Waals surface area contributed by atoms with Crippen LogP contribution in [0.15, 0.2) is 89.7 Å². The van der Waals surface area contributed by atoms with Crippen molar-refractivity contribution in [3.05, 3.63) is 107 Å². The smallest absolute Gasteiger partial charge is 0.236 e. The third-order valence-electron chi connectivity index (χ3n) is 4.67. The molecule has 5 heteroatoms. The van der Waals surface area contributed by atoms with E-state index < -0.39 is 5.69 Å². The van der Waals surface area contributed by atoms with Crippen LogP contribution in [0, 0.1) is 13.8 Å². The van der Waals surface area contributed by atoms with E-state index in [1.54, 1.807) is 0 Å². The van der Waals surface area contributed by atoms with Crippen molar-refractivity contribution < 1.29 is 0 Å². The predicted molar refractivity (Wildman–Crippen MR) is 126 cm³/mol. The van der Waals surface area contributed by atoms with E-state index >= 15 is 0 Å². The molecule has 0 radical (unpaired) electrons. The van der Waals surface area contributed by atoms with Gasteiger partial charge in [0.2, 0.25) is 5.69 Å². The van der Waals surface area contributed by atoms with Gasteiger partial charge in [-0.15, -0.1) is 0 Å². The van der Waals surface area contributed by atoms with E-state index in [0.29, 0.717) is 0 Å². The van der Waals surface area contributed by atoms with Crippen molar-refractivity contribution in [3.8, 4) is 0 Å². The first kappa shape index (κ1) is 19.1. The molecule has 1 atom stereocenters. The molecule has 0 saturated heterocycles. The predicted octanol–water partition coefficient (Wildman–Crippen LogP) is 7.12. The minimum atomic E-state index is -2.73. The highest BCUT2D eigenvalue weighted by molar-refractivity contribution is 8.27. The number of rotatable bonds is 3. The maximum Gasteiger partial charge on any atom is 0.236 e. The molecule has 4 rings (SSSR count). The summed E-state index contributed by atoms with van der Waals surface area (Å²) in [6, 6.07) is 26.8. The topological polar surface area (TPSA) is 15.6 Å². The third kappa shape index (κ3) is 3.84. The van der Waals surface area contributed by atoms with Crippen molar-refractivity contribution in [1.82, 2.24) is 0 Å². The minimum Gasteiger partial charge on any atom is -0.283 e. The lowest BCUT2D eigenvalue weighted by Crippen LogP contribution is -2.20. The quantitative estimate of drug-likeness (QED) is 0.417. The van der Waals surface area contributed by atoms with Crippen LogP contribution in [0.3, 0.4) is 0 Å². The summed E-state index contributed by atoms with van der Waals surface area (Å²) in [6.45, 7) is 4.14. The zero-order valence-corrected chi connectivity index (χ0v) is 18.2. The van der Waals surface area contributed by atoms with Gasteiger partial charge in [0.1, 0.15) is 0 Å². The first-order valence-corrected chi connectivity index (χ1v) is 12.7. The Bertz CT molecular complexity index is 1100. The molecule has 1 heterocycles. The summed E-state index contributed by atoms with van der Waals surface area (Å²) in [5, 5.41) is 0. The van der Waals surface area contributed by atoms with Gasteiger partial charge in [0, 0.05) is 11.3 Å². The second-order valence-electron chi connectivity index (χ2n) is 6.87. The highest BCUT2D eigenvalue weighted by atomic mass is 35.7. The van der Waals surface area contributed by atoms with Gasteiger partial charge in [-0.05, 0) is 60.7 Å². The van der Waals surface area contributed by atoms with Gasteiger partial charge >= 0.3 is 0 Å². The Hall–Kier alpha value is -2.19. The summed E-state index contributed by atoms with van der Waals surface area (Å²) in [5.74, 6) is 0. The van der Waals surface area contributed by atoms with Crippen molar-refractivity contribution in [2.45, 2.75) is 13.8 Å². The highest BCUT2D eigenvalue weighted by Gasteiger charge is 2.32. The molecule has 1 aliphatic rings. The standard InChI is InChI=1S/C23H20ClN2PS/c1-17-8-12-19(13-9-17)22-16-23(20-6-4-3-5-7-20)26(27(24,28)25-22)21-14-10-18(2)11-15-21/h3-16H,1-2H3. The van der Waals surface area contributed by atoms with E-state index in [1.165, 1.54) is 11.1 Å². The molecule has 0 amide bonds. The zero-order valence-electron chi connectivity index (χ0n) is 15.7. The highest BCUT2D eigenvalue weighted by Crippen LogP contribution is 2.63. The summed E-state index contributed by atoms with van der Waals surface area (Å²) in [7, 11) is 0. The number of hydrogen-bond acceptors (Lipinski definition) is 1. The Morgan fingerprint density at radius 1 is 0.786 bits per heavy atom. The first-order valence-electron chi connectivity index (χ1n) is 9.05. The Morgan fingerprint density at radius 2 is 1.36 bits per heavy atom. The zero-order chi connectivity index (χ0) is 19.7. The largest absolute Gasteiger partial charge is 0.283 e. The number of benzene rings is 3. The van der Waals surface area contributed by atoms with Crippen molar-refractivity contribution in [3.63, 3.8) is 0 Å². The van der Waals surface area contributed by atoms with Gasteiger partial charge < -0.3 is 0 Å². The van der Waals surface area contributed by atoms with E-state index in [4.69, 9.17) is 27.8 Å². The average Bonchev–Trinajstić information content (AvgIpc) is 2.69. The molecular weight excluding hydrogens is 403 g/mol. The molecule has 0 N–H and O–H groups in total. The van der Waals surface area contributed by atoms with Gasteiger partial charge in [-0.2, -0.15) is 0 Å². The number of halogens is 1. The molecule has 0 saturated carbocycles. The van der Waals surface area contributed by atoms with Crippen LogP contribution in [0.1, 0.15) is 22.3 Å². The maximum atomic E-state index is 6.96. The Kier molecular flexibility index (Phi) is 5.25. The van der Waals surface area contributed by atoms with Crippen LogP contribution in [-0.2, 0) is 11.8 Å². The van der Waals surface area contributed by atoms with Gasteiger partial charge in [0.25, 0.3) is 0 Å². The Balaban J connectivity index is 1.90. The third-order valence-corrected chi connectivity index (χ3v) is 7.49. The van der Waals surface area contributed by atoms with E-state index in [1.807, 2.05) is 22.9 Å². The minimum absolute atomic E-state index is 0.834. The fourth-order valence-corrected chi connectivity index (χ4v) is 6.12. The number of aryl methyl sites for hydroxylation is 2. The summed E-state index contributed by atoms with van der Waals surface area (Å²) in [4.78, 5) is 0. The number of allylic oxidation sites excluding steroid dienone is 1. The molecule has 3 aromatic carbocycles. The Labute approximate surface area is 176 Å². The number of hydrogen-bond donors (Lipinski definition) is 0. The summed E-state index contributed by atoms with van der Waals surface area (Å²) < 4.78 is 6.85. The van der Waals surface area contributed by atoms with Gasteiger partial charge in [-0.25, -0.2) is 4.76 Å². The first-order chi connectivity index (χ1) is 13.4. The van der Waals surface area contributed by atoms with Crippen molar-refractivity contribution >= 4 is 45.8 Å². The van der Waals surface area contributed by atoms with E-state index in [0.717, 1.165) is 28.2 Å². The van der Waals surface area contributed by atoms with Crippen LogP contribution in [0.4, 0.5) is 5.69 Å². The van der Waals surface area contributed by atoms with E-state index in [2.05, 4.69) is 80.6 Å². The lowest BCUT2D eigenvalue weighted by atomic mass is 10.0. The molecule has 1 aliphatic heterocycles. The summed E-state index contributed by atoms with van der Waals surface area (Å²) in [5.41, 5.74) is 4.54. The van der Waals surface area contributed by atoms with E-state index in [-0.39, 0.29) is 0 Å². The molecule has 0 bridgehead atoms. The molecular formula is C23H20ClN2PS.